The molecule has 1 aliphatic rings. The quantitative estimate of drug-likeness (QED) is 0.857. The van der Waals surface area contributed by atoms with E-state index in [-0.39, 0.29) is 12.1 Å². The van der Waals surface area contributed by atoms with Crippen molar-refractivity contribution in [2.75, 3.05) is 7.11 Å². The molecule has 0 spiro atoms. The Kier molecular flexibility index (Phi) is 5.34. The van der Waals surface area contributed by atoms with Crippen molar-refractivity contribution in [1.29, 1.82) is 0 Å². The summed E-state index contributed by atoms with van der Waals surface area (Å²) in [6, 6.07) is 0.0870. The van der Waals surface area contributed by atoms with Crippen molar-refractivity contribution in [1.82, 2.24) is 10.1 Å². The summed E-state index contributed by atoms with van der Waals surface area (Å²) < 4.78 is 10.9. The van der Waals surface area contributed by atoms with Gasteiger partial charge in [0.15, 0.2) is 0 Å². The Balaban J connectivity index is 2.02. The van der Waals surface area contributed by atoms with Crippen LogP contribution in [0.1, 0.15) is 63.3 Å². The van der Waals surface area contributed by atoms with Crippen molar-refractivity contribution in [3.63, 3.8) is 0 Å². The zero-order valence-electron chi connectivity index (χ0n) is 12.0. The molecule has 2 N–H and O–H groups in total. The fourth-order valence-electron chi connectivity index (χ4n) is 2.78. The number of hydrogen-bond donors (Lipinski definition) is 1. The summed E-state index contributed by atoms with van der Waals surface area (Å²) in [4.78, 5) is 4.46. The standard InChI is InChI=1S/C14H25N3O2/c1-3-11(15)9-12-16-14(17-19-12)13(18-2)10-7-5-4-6-8-10/h10-11,13H,3-9,15H2,1-2H3. The van der Waals surface area contributed by atoms with Crippen LogP contribution in [0.5, 0.6) is 0 Å². The Morgan fingerprint density at radius 1 is 1.37 bits per heavy atom. The molecule has 19 heavy (non-hydrogen) atoms. The first-order valence-electron chi connectivity index (χ1n) is 7.35. The molecule has 5 nitrogen and oxygen atoms in total. The van der Waals surface area contributed by atoms with Crippen LogP contribution in [-0.2, 0) is 11.2 Å². The molecular weight excluding hydrogens is 242 g/mol. The highest BCUT2D eigenvalue weighted by Gasteiger charge is 2.29. The normalized spacial score (nSPS) is 20.4. The molecule has 0 aromatic carbocycles. The number of aromatic nitrogens is 2. The molecule has 0 radical (unpaired) electrons. The van der Waals surface area contributed by atoms with Gasteiger partial charge in [0.2, 0.25) is 11.7 Å². The van der Waals surface area contributed by atoms with Gasteiger partial charge in [-0.3, -0.25) is 0 Å². The number of hydrogen-bond acceptors (Lipinski definition) is 5. The first-order valence-corrected chi connectivity index (χ1v) is 7.35. The maximum atomic E-state index is 5.91. The lowest BCUT2D eigenvalue weighted by Gasteiger charge is -2.26. The van der Waals surface area contributed by atoms with Crippen molar-refractivity contribution in [2.24, 2.45) is 11.7 Å². The van der Waals surface area contributed by atoms with Crippen LogP contribution in [-0.4, -0.2) is 23.3 Å². The molecule has 0 amide bonds. The predicted molar refractivity (Wildman–Crippen MR) is 72.6 cm³/mol. The Morgan fingerprint density at radius 2 is 2.11 bits per heavy atom. The molecule has 1 aromatic heterocycles. The monoisotopic (exact) mass is 267 g/mol. The van der Waals surface area contributed by atoms with Crippen molar-refractivity contribution in [3.05, 3.63) is 11.7 Å². The first kappa shape index (κ1) is 14.5. The minimum absolute atomic E-state index is 0.0318. The Hall–Kier alpha value is -0.940. The molecule has 1 saturated carbocycles. The van der Waals surface area contributed by atoms with E-state index in [0.717, 1.165) is 6.42 Å². The molecule has 5 heteroatoms. The molecule has 0 bridgehead atoms. The third kappa shape index (κ3) is 3.76. The largest absolute Gasteiger partial charge is 0.373 e. The van der Waals surface area contributed by atoms with Crippen molar-refractivity contribution in [2.45, 2.75) is 64.0 Å². The van der Waals surface area contributed by atoms with E-state index in [1.54, 1.807) is 7.11 Å². The molecule has 2 unspecified atom stereocenters. The highest BCUT2D eigenvalue weighted by molar-refractivity contribution is 4.96. The van der Waals surface area contributed by atoms with Gasteiger partial charge in [0.05, 0.1) is 0 Å². The van der Waals surface area contributed by atoms with E-state index in [4.69, 9.17) is 15.0 Å². The maximum absolute atomic E-state index is 5.91. The van der Waals surface area contributed by atoms with Crippen LogP contribution in [0.4, 0.5) is 0 Å². The predicted octanol–water partition coefficient (Wildman–Crippen LogP) is 2.62. The van der Waals surface area contributed by atoms with Gasteiger partial charge in [-0.25, -0.2) is 0 Å². The van der Waals surface area contributed by atoms with E-state index in [1.807, 2.05) is 0 Å². The molecule has 0 aliphatic heterocycles. The van der Waals surface area contributed by atoms with Gasteiger partial charge >= 0.3 is 0 Å². The van der Waals surface area contributed by atoms with E-state index < -0.39 is 0 Å². The van der Waals surface area contributed by atoms with Crippen LogP contribution < -0.4 is 5.73 Å². The average Bonchev–Trinajstić information content (AvgIpc) is 2.89. The fraction of sp³-hybridized carbons (Fsp3) is 0.857. The second kappa shape index (κ2) is 7.01. The third-order valence-electron chi connectivity index (χ3n) is 4.03. The molecule has 1 heterocycles. The molecule has 108 valence electrons. The van der Waals surface area contributed by atoms with E-state index in [2.05, 4.69) is 17.1 Å². The van der Waals surface area contributed by atoms with E-state index in [1.165, 1.54) is 32.1 Å². The molecule has 2 rings (SSSR count). The van der Waals surface area contributed by atoms with Crippen LogP contribution >= 0.6 is 0 Å². The van der Waals surface area contributed by atoms with E-state index in [9.17, 15) is 0 Å². The number of rotatable bonds is 6. The average molecular weight is 267 g/mol. The molecular formula is C14H25N3O2. The highest BCUT2D eigenvalue weighted by Crippen LogP contribution is 2.35. The lowest BCUT2D eigenvalue weighted by atomic mass is 9.85. The SMILES string of the molecule is CCC(N)Cc1nc(C(OC)C2CCCCC2)no1. The summed E-state index contributed by atoms with van der Waals surface area (Å²) in [5.74, 6) is 1.83. The van der Waals surface area contributed by atoms with Crippen molar-refractivity contribution >= 4 is 0 Å². The van der Waals surface area contributed by atoms with Crippen LogP contribution in [0.15, 0.2) is 4.52 Å². The second-order valence-electron chi connectivity index (χ2n) is 5.47. The van der Waals surface area contributed by atoms with Crippen LogP contribution in [0.2, 0.25) is 0 Å². The van der Waals surface area contributed by atoms with Crippen molar-refractivity contribution in [3.8, 4) is 0 Å². The van der Waals surface area contributed by atoms with E-state index >= 15 is 0 Å². The topological polar surface area (TPSA) is 74.2 Å². The molecule has 0 saturated heterocycles. The third-order valence-corrected chi connectivity index (χ3v) is 4.03. The van der Waals surface area contributed by atoms with Crippen LogP contribution in [0.3, 0.4) is 0 Å². The van der Waals surface area contributed by atoms with Gasteiger partial charge in [0.1, 0.15) is 6.10 Å². The van der Waals surface area contributed by atoms with Gasteiger partial charge in [-0.1, -0.05) is 31.3 Å². The van der Waals surface area contributed by atoms with Crippen LogP contribution in [0.25, 0.3) is 0 Å². The fourth-order valence-corrected chi connectivity index (χ4v) is 2.78. The van der Waals surface area contributed by atoms with Gasteiger partial charge < -0.3 is 15.0 Å². The van der Waals surface area contributed by atoms with Crippen LogP contribution in [0, 0.1) is 5.92 Å². The summed E-state index contributed by atoms with van der Waals surface area (Å²) in [6.07, 6.45) is 7.78. The smallest absolute Gasteiger partial charge is 0.228 e. The van der Waals surface area contributed by atoms with Gasteiger partial charge in [-0.2, -0.15) is 4.98 Å². The summed E-state index contributed by atoms with van der Waals surface area (Å²) in [5.41, 5.74) is 5.91. The molecule has 1 aliphatic carbocycles. The Bertz CT molecular complexity index is 375. The number of nitrogens with zero attached hydrogens (tertiary/aromatic N) is 2. The Morgan fingerprint density at radius 3 is 2.74 bits per heavy atom. The lowest BCUT2D eigenvalue weighted by Crippen LogP contribution is -2.22. The van der Waals surface area contributed by atoms with Gasteiger partial charge in [-0.15, -0.1) is 0 Å². The number of methoxy groups -OCH3 is 1. The van der Waals surface area contributed by atoms with Gasteiger partial charge in [0, 0.05) is 19.6 Å². The minimum Gasteiger partial charge on any atom is -0.373 e. The molecule has 1 fully saturated rings. The molecule has 1 aromatic rings. The Labute approximate surface area is 114 Å². The second-order valence-corrected chi connectivity index (χ2v) is 5.47. The summed E-state index contributed by atoms with van der Waals surface area (Å²) in [6.45, 7) is 2.06. The zero-order valence-corrected chi connectivity index (χ0v) is 12.0. The maximum Gasteiger partial charge on any atom is 0.228 e. The summed E-state index contributed by atoms with van der Waals surface area (Å²) in [5, 5.41) is 4.08. The summed E-state index contributed by atoms with van der Waals surface area (Å²) >= 11 is 0. The van der Waals surface area contributed by atoms with E-state index in [0.29, 0.717) is 24.1 Å². The van der Waals surface area contributed by atoms with Gasteiger partial charge in [-0.05, 0) is 25.2 Å². The van der Waals surface area contributed by atoms with Gasteiger partial charge in [0.25, 0.3) is 0 Å². The highest BCUT2D eigenvalue weighted by atomic mass is 16.5. The molecule has 2 atom stereocenters. The number of ether oxygens (including phenoxy) is 1. The zero-order chi connectivity index (χ0) is 13.7. The van der Waals surface area contributed by atoms with Crippen molar-refractivity contribution < 1.29 is 9.26 Å². The summed E-state index contributed by atoms with van der Waals surface area (Å²) in [7, 11) is 1.73. The minimum atomic E-state index is -0.0318. The first-order chi connectivity index (χ1) is 9.24. The lowest BCUT2D eigenvalue weighted by molar-refractivity contribution is 0.0273. The number of nitrogens with two attached hydrogens (primary N) is 1.